The molecule has 0 bridgehead atoms. The summed E-state index contributed by atoms with van der Waals surface area (Å²) in [5.74, 6) is 2.79. The molecule has 3 aliphatic heterocycles. The Hall–Kier alpha value is -5.39. The number of nitrogens with zero attached hydrogens (tertiary/aromatic N) is 4. The average Bonchev–Trinajstić information content (AvgIpc) is 3.98. The molecule has 52 heavy (non-hydrogen) atoms. The van der Waals surface area contributed by atoms with Gasteiger partial charge in [-0.05, 0) is 84.9 Å². The van der Waals surface area contributed by atoms with Crippen LogP contribution < -0.4 is 10.1 Å². The summed E-state index contributed by atoms with van der Waals surface area (Å²) in [5, 5.41) is 4.51. The summed E-state index contributed by atoms with van der Waals surface area (Å²) < 4.78 is 11.0. The number of likely N-dealkylation sites (tertiary alicyclic amines) is 2. The molecular weight excluding hydrogens is 658 g/mol. The highest BCUT2D eigenvalue weighted by atomic mass is 16.5. The number of amides is 3. The van der Waals surface area contributed by atoms with Crippen LogP contribution in [-0.2, 0) is 20.9 Å². The van der Waals surface area contributed by atoms with E-state index in [-0.39, 0.29) is 36.5 Å². The van der Waals surface area contributed by atoms with Crippen molar-refractivity contribution in [3.63, 3.8) is 0 Å². The van der Waals surface area contributed by atoms with Gasteiger partial charge in [0, 0.05) is 30.0 Å². The topological polar surface area (TPSA) is 146 Å². The molecule has 2 unspecified atom stereocenters. The summed E-state index contributed by atoms with van der Waals surface area (Å²) in [5.41, 5.74) is 6.93. The molecule has 5 aromatic rings. The van der Waals surface area contributed by atoms with Gasteiger partial charge in [-0.3, -0.25) is 9.59 Å². The molecule has 0 radical (unpaired) electrons. The van der Waals surface area contributed by atoms with E-state index < -0.39 is 6.09 Å². The number of nitrogens with one attached hydrogen (secondary N) is 3. The number of ether oxygens (including phenoxy) is 2. The van der Waals surface area contributed by atoms with Gasteiger partial charge in [0.2, 0.25) is 11.8 Å². The van der Waals surface area contributed by atoms with Gasteiger partial charge in [0.15, 0.2) is 0 Å². The number of hydrogen-bond acceptors (Lipinski definition) is 7. The number of imidazole rings is 2. The van der Waals surface area contributed by atoms with Crippen LogP contribution in [-0.4, -0.2) is 73.9 Å². The molecule has 12 heteroatoms. The first-order chi connectivity index (χ1) is 25.2. The van der Waals surface area contributed by atoms with E-state index in [1.807, 2.05) is 17.2 Å². The zero-order chi connectivity index (χ0) is 36.1. The van der Waals surface area contributed by atoms with Crippen molar-refractivity contribution in [1.82, 2.24) is 35.1 Å². The predicted octanol–water partition coefficient (Wildman–Crippen LogP) is 7.17. The van der Waals surface area contributed by atoms with Crippen molar-refractivity contribution < 1.29 is 23.9 Å². The summed E-state index contributed by atoms with van der Waals surface area (Å²) in [6.45, 7) is 7.32. The molecule has 0 aliphatic carbocycles. The summed E-state index contributed by atoms with van der Waals surface area (Å²) in [7, 11) is 1.27. The van der Waals surface area contributed by atoms with E-state index in [9.17, 15) is 14.4 Å². The van der Waals surface area contributed by atoms with Crippen molar-refractivity contribution in [2.75, 3.05) is 20.2 Å². The van der Waals surface area contributed by atoms with Crippen molar-refractivity contribution >= 4 is 39.7 Å². The molecule has 2 aromatic heterocycles. The van der Waals surface area contributed by atoms with Crippen LogP contribution >= 0.6 is 0 Å². The highest BCUT2D eigenvalue weighted by Crippen LogP contribution is 2.43. The second-order valence-corrected chi connectivity index (χ2v) is 14.5. The van der Waals surface area contributed by atoms with Crippen LogP contribution in [0.25, 0.3) is 44.2 Å². The van der Waals surface area contributed by atoms with Crippen LogP contribution in [0.4, 0.5) is 4.79 Å². The minimum atomic E-state index is -0.632. The lowest BCUT2D eigenvalue weighted by molar-refractivity contribution is -0.135. The van der Waals surface area contributed by atoms with Gasteiger partial charge in [0.1, 0.15) is 30.5 Å². The van der Waals surface area contributed by atoms with Crippen LogP contribution in [0.1, 0.15) is 88.6 Å². The van der Waals surface area contributed by atoms with E-state index in [2.05, 4.69) is 77.2 Å². The zero-order valence-corrected chi connectivity index (χ0v) is 30.1. The Morgan fingerprint density at radius 2 is 1.88 bits per heavy atom. The smallest absolute Gasteiger partial charge is 0.407 e. The summed E-state index contributed by atoms with van der Waals surface area (Å²) in [6.07, 6.45) is 6.33. The van der Waals surface area contributed by atoms with Gasteiger partial charge in [-0.1, -0.05) is 38.5 Å². The average molecular weight is 704 g/mol. The summed E-state index contributed by atoms with van der Waals surface area (Å²) in [6, 6.07) is 14.8. The molecule has 5 heterocycles. The van der Waals surface area contributed by atoms with E-state index in [1.54, 1.807) is 4.90 Å². The number of aromatic nitrogens is 4. The Balaban J connectivity index is 1.04. The van der Waals surface area contributed by atoms with Gasteiger partial charge < -0.3 is 34.6 Å². The fourth-order valence-corrected chi connectivity index (χ4v) is 8.18. The standard InChI is InChI=1S/C40H45N7O5/c1-5-22(2)15-35(48)47-23(3)8-13-33(47)38-41-19-31(44-38)25-9-11-27-26(16-25)21-52-34-18-28-24(17-29(27)34)10-12-30-37(28)45-39(43-30)32-7-6-14-46(32)36(49)20-42-40(50)51-4/h9-12,16-19,22-23,32-33H,5-8,13-15,20-21H2,1-4H3,(H,41,44)(H,42,50)(H,43,45)/t22?,23-,32-,33?/m0/s1. The van der Waals surface area contributed by atoms with Gasteiger partial charge in [-0.25, -0.2) is 14.8 Å². The van der Waals surface area contributed by atoms with E-state index in [1.165, 1.54) is 7.11 Å². The first kappa shape index (κ1) is 33.7. The molecule has 3 amide bonds. The third-order valence-electron chi connectivity index (χ3n) is 11.2. The van der Waals surface area contributed by atoms with Crippen LogP contribution in [0, 0.1) is 5.92 Å². The van der Waals surface area contributed by atoms with Gasteiger partial charge in [0.25, 0.3) is 0 Å². The molecule has 0 spiro atoms. The molecule has 270 valence electrons. The van der Waals surface area contributed by atoms with Crippen LogP contribution in [0.15, 0.2) is 48.7 Å². The number of alkyl carbamates (subject to hydrolysis) is 1. The SMILES string of the molecule is CCC(C)CC(=O)N1C(c2ncc(-c3ccc4c(c3)COc3cc5c(ccc6[nH]c([C@@H]7CCCN7C(=O)CNC(=O)OC)nc65)cc3-4)[nH]2)CC[C@@H]1C. The highest BCUT2D eigenvalue weighted by molar-refractivity contribution is 6.07. The molecule has 3 N–H and O–H groups in total. The number of H-pyrrole nitrogens is 2. The Morgan fingerprint density at radius 1 is 1.02 bits per heavy atom. The van der Waals surface area contributed by atoms with Gasteiger partial charge in [-0.15, -0.1) is 0 Å². The number of rotatable bonds is 8. The second kappa shape index (κ2) is 13.6. The minimum absolute atomic E-state index is 0.0339. The lowest BCUT2D eigenvalue weighted by Crippen LogP contribution is -2.40. The molecule has 8 rings (SSSR count). The minimum Gasteiger partial charge on any atom is -0.488 e. The third kappa shape index (κ3) is 6.03. The van der Waals surface area contributed by atoms with Gasteiger partial charge in [-0.2, -0.15) is 0 Å². The maximum Gasteiger partial charge on any atom is 0.407 e. The molecule has 2 saturated heterocycles. The first-order valence-electron chi connectivity index (χ1n) is 18.4. The fourth-order valence-electron chi connectivity index (χ4n) is 8.18. The number of carbonyl (C=O) groups excluding carboxylic acids is 3. The first-order valence-corrected chi connectivity index (χ1v) is 18.4. The second-order valence-electron chi connectivity index (χ2n) is 14.5. The van der Waals surface area contributed by atoms with E-state index >= 15 is 0 Å². The predicted molar refractivity (Wildman–Crippen MR) is 197 cm³/mol. The van der Waals surface area contributed by atoms with E-state index in [0.29, 0.717) is 25.5 Å². The number of fused-ring (bicyclic) bond motifs is 6. The number of methoxy groups -OCH3 is 1. The van der Waals surface area contributed by atoms with Crippen LogP contribution in [0.5, 0.6) is 5.75 Å². The van der Waals surface area contributed by atoms with Crippen molar-refractivity contribution in [3.8, 4) is 28.1 Å². The molecule has 4 atom stereocenters. The quantitative estimate of drug-likeness (QED) is 0.155. The Kier molecular flexibility index (Phi) is 8.84. The maximum atomic E-state index is 13.3. The van der Waals surface area contributed by atoms with Crippen LogP contribution in [0.2, 0.25) is 0 Å². The summed E-state index contributed by atoms with van der Waals surface area (Å²) in [4.78, 5) is 58.4. The molecule has 0 saturated carbocycles. The fraction of sp³-hybridized carbons (Fsp3) is 0.425. The monoisotopic (exact) mass is 703 g/mol. The number of carbonyl (C=O) groups is 3. The third-order valence-corrected chi connectivity index (χ3v) is 11.2. The molecular formula is C40H45N7O5. The molecule has 2 fully saturated rings. The normalized spacial score (nSPS) is 20.1. The molecule has 3 aromatic carbocycles. The molecule has 3 aliphatic rings. The van der Waals surface area contributed by atoms with Gasteiger partial charge >= 0.3 is 6.09 Å². The maximum absolute atomic E-state index is 13.3. The number of aromatic amines is 2. The number of benzene rings is 3. The van der Waals surface area contributed by atoms with Crippen molar-refractivity contribution in [1.29, 1.82) is 0 Å². The van der Waals surface area contributed by atoms with E-state index in [0.717, 1.165) is 99.3 Å². The van der Waals surface area contributed by atoms with Crippen molar-refractivity contribution in [2.24, 2.45) is 5.92 Å². The number of hydrogen-bond donors (Lipinski definition) is 3. The van der Waals surface area contributed by atoms with Gasteiger partial charge in [0.05, 0.1) is 42.1 Å². The Morgan fingerprint density at radius 3 is 2.71 bits per heavy atom. The Labute approximate surface area is 302 Å². The lowest BCUT2D eigenvalue weighted by Gasteiger charge is -2.28. The zero-order valence-electron chi connectivity index (χ0n) is 30.1. The van der Waals surface area contributed by atoms with E-state index in [4.69, 9.17) is 14.7 Å². The summed E-state index contributed by atoms with van der Waals surface area (Å²) >= 11 is 0. The lowest BCUT2D eigenvalue weighted by atomic mass is 9.92. The van der Waals surface area contributed by atoms with Crippen molar-refractivity contribution in [3.05, 3.63) is 65.9 Å². The van der Waals surface area contributed by atoms with Crippen LogP contribution in [0.3, 0.4) is 0 Å². The Bertz CT molecular complexity index is 2190. The molecule has 12 nitrogen and oxygen atoms in total. The van der Waals surface area contributed by atoms with Crippen molar-refractivity contribution in [2.45, 2.75) is 84.0 Å². The largest absolute Gasteiger partial charge is 0.488 e. The highest BCUT2D eigenvalue weighted by Gasteiger charge is 2.37.